The molecule has 136 valence electrons. The highest BCUT2D eigenvalue weighted by atomic mass is 16.5. The second-order valence-corrected chi connectivity index (χ2v) is 6.27. The Hall–Kier alpha value is -2.50. The highest BCUT2D eigenvalue weighted by Crippen LogP contribution is 2.18. The molecule has 1 atom stereocenters. The Bertz CT molecular complexity index is 906. The van der Waals surface area contributed by atoms with Gasteiger partial charge in [-0.05, 0) is 24.1 Å². The summed E-state index contributed by atoms with van der Waals surface area (Å²) in [6.07, 6.45) is 0.837. The molecule has 1 heterocycles. The summed E-state index contributed by atoms with van der Waals surface area (Å²) in [7, 11) is 1.68. The average molecular weight is 351 g/mol. The van der Waals surface area contributed by atoms with E-state index < -0.39 is 0 Å². The van der Waals surface area contributed by atoms with Gasteiger partial charge in [-0.25, -0.2) is 4.98 Å². The van der Waals surface area contributed by atoms with E-state index in [2.05, 4.69) is 12.2 Å². The first-order chi connectivity index (χ1) is 12.7. The van der Waals surface area contributed by atoms with E-state index >= 15 is 0 Å². The molecule has 5 heteroatoms. The predicted molar refractivity (Wildman–Crippen MR) is 104 cm³/mol. The number of fused-ring (bicyclic) bond motifs is 1. The maximum Gasteiger partial charge on any atom is 0.261 e. The second kappa shape index (κ2) is 8.74. The van der Waals surface area contributed by atoms with Crippen molar-refractivity contribution in [2.24, 2.45) is 0 Å². The van der Waals surface area contributed by atoms with Gasteiger partial charge in [-0.3, -0.25) is 9.36 Å². The van der Waals surface area contributed by atoms with Gasteiger partial charge >= 0.3 is 0 Å². The number of nitrogens with one attached hydrogen (secondary N) is 1. The first-order valence-electron chi connectivity index (χ1n) is 9.00. The maximum atomic E-state index is 13.2. The van der Waals surface area contributed by atoms with E-state index in [1.807, 2.05) is 54.6 Å². The molecule has 5 nitrogen and oxygen atoms in total. The standard InChI is InChI=1S/C21H25N3O2/c1-3-18(22-13-14-26-2)20-23-19-12-8-7-11-17(19)21(25)24(20)15-16-9-5-4-6-10-16/h4-12,18,22H,3,13-15H2,1-2H3. The first kappa shape index (κ1) is 18.3. The third-order valence-electron chi connectivity index (χ3n) is 4.49. The Morgan fingerprint density at radius 1 is 1.12 bits per heavy atom. The molecule has 2 aromatic carbocycles. The number of aromatic nitrogens is 2. The largest absolute Gasteiger partial charge is 0.383 e. The molecule has 0 bridgehead atoms. The molecular weight excluding hydrogens is 326 g/mol. The van der Waals surface area contributed by atoms with Gasteiger partial charge in [0.15, 0.2) is 0 Å². The van der Waals surface area contributed by atoms with Gasteiger partial charge < -0.3 is 10.1 Å². The van der Waals surface area contributed by atoms with Crippen LogP contribution in [0.4, 0.5) is 0 Å². The summed E-state index contributed by atoms with van der Waals surface area (Å²) in [6.45, 7) is 3.93. The van der Waals surface area contributed by atoms with Crippen LogP contribution in [0.5, 0.6) is 0 Å². The van der Waals surface area contributed by atoms with Crippen LogP contribution in [0, 0.1) is 0 Å². The number of nitrogens with zero attached hydrogens (tertiary/aromatic N) is 2. The summed E-state index contributed by atoms with van der Waals surface area (Å²) in [5.74, 6) is 0.774. The summed E-state index contributed by atoms with van der Waals surface area (Å²) in [4.78, 5) is 18.0. The van der Waals surface area contributed by atoms with Crippen LogP contribution in [0.3, 0.4) is 0 Å². The number of methoxy groups -OCH3 is 1. The van der Waals surface area contributed by atoms with Gasteiger partial charge in [0.25, 0.3) is 5.56 Å². The zero-order valence-corrected chi connectivity index (χ0v) is 15.3. The molecule has 3 rings (SSSR count). The highest BCUT2D eigenvalue weighted by molar-refractivity contribution is 5.77. The minimum atomic E-state index is -0.00818. The summed E-state index contributed by atoms with van der Waals surface area (Å²) < 4.78 is 6.94. The molecular formula is C21H25N3O2. The normalized spacial score (nSPS) is 12.4. The van der Waals surface area contributed by atoms with Crippen LogP contribution >= 0.6 is 0 Å². The molecule has 0 aliphatic heterocycles. The predicted octanol–water partition coefficient (Wildman–Crippen LogP) is 3.13. The molecule has 0 spiro atoms. The van der Waals surface area contributed by atoms with E-state index in [1.165, 1.54) is 0 Å². The van der Waals surface area contributed by atoms with Gasteiger partial charge in [0, 0.05) is 13.7 Å². The zero-order chi connectivity index (χ0) is 18.4. The fourth-order valence-corrected chi connectivity index (χ4v) is 3.12. The Morgan fingerprint density at radius 3 is 2.58 bits per heavy atom. The van der Waals surface area contributed by atoms with Gasteiger partial charge in [-0.15, -0.1) is 0 Å². The van der Waals surface area contributed by atoms with Crippen molar-refractivity contribution in [2.45, 2.75) is 25.9 Å². The van der Waals surface area contributed by atoms with Crippen molar-refractivity contribution in [3.05, 3.63) is 76.3 Å². The lowest BCUT2D eigenvalue weighted by Gasteiger charge is -2.21. The van der Waals surface area contributed by atoms with Crippen molar-refractivity contribution in [1.82, 2.24) is 14.9 Å². The van der Waals surface area contributed by atoms with Crippen LogP contribution in [0.2, 0.25) is 0 Å². The molecule has 0 aliphatic rings. The summed E-state index contributed by atoms with van der Waals surface area (Å²) in [6, 6.07) is 17.6. The van der Waals surface area contributed by atoms with Crippen molar-refractivity contribution >= 4 is 10.9 Å². The molecule has 0 radical (unpaired) electrons. The van der Waals surface area contributed by atoms with E-state index in [-0.39, 0.29) is 11.6 Å². The van der Waals surface area contributed by atoms with Crippen molar-refractivity contribution < 1.29 is 4.74 Å². The van der Waals surface area contributed by atoms with Crippen LogP contribution < -0.4 is 10.9 Å². The molecule has 1 unspecified atom stereocenters. The van der Waals surface area contributed by atoms with Gasteiger partial charge in [0.2, 0.25) is 0 Å². The zero-order valence-electron chi connectivity index (χ0n) is 15.3. The maximum absolute atomic E-state index is 13.2. The third-order valence-corrected chi connectivity index (χ3v) is 4.49. The number of rotatable bonds is 8. The van der Waals surface area contributed by atoms with Crippen molar-refractivity contribution in [1.29, 1.82) is 0 Å². The average Bonchev–Trinajstić information content (AvgIpc) is 2.68. The highest BCUT2D eigenvalue weighted by Gasteiger charge is 2.18. The van der Waals surface area contributed by atoms with E-state index in [9.17, 15) is 4.79 Å². The third kappa shape index (κ3) is 4.00. The van der Waals surface area contributed by atoms with Crippen molar-refractivity contribution in [3.63, 3.8) is 0 Å². The Labute approximate surface area is 153 Å². The van der Waals surface area contributed by atoms with Crippen LogP contribution in [-0.4, -0.2) is 29.8 Å². The molecule has 0 saturated carbocycles. The number of hydrogen-bond acceptors (Lipinski definition) is 4. The van der Waals surface area contributed by atoms with Crippen LogP contribution in [0.15, 0.2) is 59.4 Å². The molecule has 1 aromatic heterocycles. The SMILES string of the molecule is CCC(NCCOC)c1nc2ccccc2c(=O)n1Cc1ccccc1. The number of ether oxygens (including phenoxy) is 1. The van der Waals surface area contributed by atoms with Gasteiger partial charge in [0.1, 0.15) is 5.82 Å². The number of benzene rings is 2. The fourth-order valence-electron chi connectivity index (χ4n) is 3.12. The molecule has 0 saturated heterocycles. The lowest BCUT2D eigenvalue weighted by Crippen LogP contribution is -2.33. The second-order valence-electron chi connectivity index (χ2n) is 6.27. The van der Waals surface area contributed by atoms with Crippen LogP contribution in [0.25, 0.3) is 10.9 Å². The molecule has 0 aliphatic carbocycles. The minimum absolute atomic E-state index is 0.00134. The summed E-state index contributed by atoms with van der Waals surface area (Å²) in [5.41, 5.74) is 1.82. The summed E-state index contributed by atoms with van der Waals surface area (Å²) in [5, 5.41) is 4.11. The van der Waals surface area contributed by atoms with Gasteiger partial charge in [-0.2, -0.15) is 0 Å². The van der Waals surface area contributed by atoms with Gasteiger partial charge in [0.05, 0.1) is 30.1 Å². The van der Waals surface area contributed by atoms with Crippen LogP contribution in [-0.2, 0) is 11.3 Å². The number of para-hydroxylation sites is 1. The Kier molecular flexibility index (Phi) is 6.15. The molecule has 0 amide bonds. The molecule has 3 aromatic rings. The quantitative estimate of drug-likeness (QED) is 0.634. The summed E-state index contributed by atoms with van der Waals surface area (Å²) >= 11 is 0. The van der Waals surface area contributed by atoms with E-state index in [4.69, 9.17) is 9.72 Å². The Morgan fingerprint density at radius 2 is 1.85 bits per heavy atom. The monoisotopic (exact) mass is 351 g/mol. The molecule has 26 heavy (non-hydrogen) atoms. The van der Waals surface area contributed by atoms with E-state index in [0.717, 1.165) is 23.3 Å². The molecule has 0 fully saturated rings. The number of hydrogen-bond donors (Lipinski definition) is 1. The van der Waals surface area contributed by atoms with Crippen LogP contribution in [0.1, 0.15) is 30.8 Å². The fraction of sp³-hybridized carbons (Fsp3) is 0.333. The van der Waals surface area contributed by atoms with Crippen molar-refractivity contribution in [3.8, 4) is 0 Å². The molecule has 1 N–H and O–H groups in total. The van der Waals surface area contributed by atoms with E-state index in [1.54, 1.807) is 11.7 Å². The van der Waals surface area contributed by atoms with E-state index in [0.29, 0.717) is 25.1 Å². The Balaban J connectivity index is 2.09. The lowest BCUT2D eigenvalue weighted by molar-refractivity contribution is 0.194. The van der Waals surface area contributed by atoms with Gasteiger partial charge in [-0.1, -0.05) is 49.4 Å². The lowest BCUT2D eigenvalue weighted by atomic mass is 10.1. The topological polar surface area (TPSA) is 56.1 Å². The first-order valence-corrected chi connectivity index (χ1v) is 9.00. The minimum Gasteiger partial charge on any atom is -0.383 e. The smallest absolute Gasteiger partial charge is 0.261 e. The van der Waals surface area contributed by atoms with Crippen molar-refractivity contribution in [2.75, 3.05) is 20.3 Å².